The fourth-order valence-corrected chi connectivity index (χ4v) is 4.32. The minimum Gasteiger partial charge on any atom is -0.507 e. The summed E-state index contributed by atoms with van der Waals surface area (Å²) in [5, 5.41) is 24.9. The first-order chi connectivity index (χ1) is 17.7. The van der Waals surface area contributed by atoms with Gasteiger partial charge in [-0.05, 0) is 50.7 Å². The van der Waals surface area contributed by atoms with Crippen molar-refractivity contribution in [2.45, 2.75) is 78.2 Å². The molecular weight excluding hydrogens is 496 g/mol. The Morgan fingerprint density at radius 3 is 2.54 bits per heavy atom. The lowest BCUT2D eigenvalue weighted by Crippen LogP contribution is -2.37. The summed E-state index contributed by atoms with van der Waals surface area (Å²) in [4.78, 5) is 32.8. The maximum absolute atomic E-state index is 13.2. The number of carbonyl (C=O) groups is 2. The molecule has 1 aromatic rings. The monoisotopic (exact) mass is 534 g/mol. The SMILES string of the molecule is C=CCC(CCC)OC(=O)c1c(O)cc(O)c(Cl)c1CC(/C=C(\C)CC)=N/OCC(=O)N1CCCCC1. The number of ether oxygens (including phenoxy) is 1. The Balaban J connectivity index is 2.35. The average molecular weight is 535 g/mol. The number of nitrogens with zero attached hydrogens (tertiary/aromatic N) is 2. The summed E-state index contributed by atoms with van der Waals surface area (Å²) in [5.41, 5.74) is 1.36. The van der Waals surface area contributed by atoms with Crippen LogP contribution >= 0.6 is 11.6 Å². The summed E-state index contributed by atoms with van der Waals surface area (Å²) in [5.74, 6) is -1.72. The maximum Gasteiger partial charge on any atom is 0.342 e. The molecule has 0 saturated carbocycles. The highest BCUT2D eigenvalue weighted by Crippen LogP contribution is 2.37. The van der Waals surface area contributed by atoms with Crippen LogP contribution in [0.2, 0.25) is 5.02 Å². The van der Waals surface area contributed by atoms with Crippen LogP contribution in [-0.2, 0) is 20.8 Å². The minimum atomic E-state index is -0.758. The van der Waals surface area contributed by atoms with E-state index in [1.54, 1.807) is 17.1 Å². The van der Waals surface area contributed by atoms with Gasteiger partial charge in [0.2, 0.25) is 0 Å². The number of phenols is 2. The van der Waals surface area contributed by atoms with Crippen LogP contribution in [-0.4, -0.2) is 58.5 Å². The van der Waals surface area contributed by atoms with Crippen LogP contribution in [0.4, 0.5) is 0 Å². The number of rotatable bonds is 13. The molecule has 1 fully saturated rings. The van der Waals surface area contributed by atoms with Gasteiger partial charge in [-0.1, -0.05) is 48.7 Å². The standard InChI is InChI=1S/C28H39ClN2O6/c1-5-11-21(12-6-2)37-28(35)26-22(27(29)24(33)17-23(26)32)16-20(15-19(4)7-3)30-36-18-25(34)31-13-9-8-10-14-31/h5,15,17,21,32-33H,1,6-14,16,18H2,2-4H3/b19-15+,30-20+. The van der Waals surface area contributed by atoms with Crippen molar-refractivity contribution in [2.24, 2.45) is 5.16 Å². The lowest BCUT2D eigenvalue weighted by molar-refractivity contribution is -0.137. The number of aromatic hydroxyl groups is 2. The van der Waals surface area contributed by atoms with Crippen molar-refractivity contribution in [3.05, 3.63) is 46.5 Å². The lowest BCUT2D eigenvalue weighted by atomic mass is 9.98. The molecule has 1 aromatic carbocycles. The van der Waals surface area contributed by atoms with E-state index in [1.165, 1.54) is 0 Å². The molecule has 1 aliphatic heterocycles. The molecule has 204 valence electrons. The van der Waals surface area contributed by atoms with Crippen molar-refractivity contribution < 1.29 is 29.4 Å². The number of phenolic OH excluding ortho intramolecular Hbond substituents is 2. The molecule has 0 spiro atoms. The average Bonchev–Trinajstić information content (AvgIpc) is 2.87. The minimum absolute atomic E-state index is 0.0413. The van der Waals surface area contributed by atoms with Gasteiger partial charge in [-0.15, -0.1) is 6.58 Å². The first kappa shape index (κ1) is 30.2. The van der Waals surface area contributed by atoms with E-state index in [-0.39, 0.29) is 40.8 Å². The largest absolute Gasteiger partial charge is 0.507 e. The van der Waals surface area contributed by atoms with Gasteiger partial charge in [-0.2, -0.15) is 0 Å². The Morgan fingerprint density at radius 2 is 1.92 bits per heavy atom. The fraction of sp³-hybridized carbons (Fsp3) is 0.536. The third kappa shape index (κ3) is 9.11. The van der Waals surface area contributed by atoms with Crippen molar-refractivity contribution in [2.75, 3.05) is 19.7 Å². The van der Waals surface area contributed by atoms with Crippen LogP contribution in [0.1, 0.15) is 81.6 Å². The smallest absolute Gasteiger partial charge is 0.342 e. The van der Waals surface area contributed by atoms with Gasteiger partial charge >= 0.3 is 5.97 Å². The summed E-state index contributed by atoms with van der Waals surface area (Å²) in [6, 6.07) is 1.02. The van der Waals surface area contributed by atoms with E-state index in [2.05, 4.69) is 11.7 Å². The molecular formula is C28H39ClN2O6. The van der Waals surface area contributed by atoms with Gasteiger partial charge in [0.25, 0.3) is 5.91 Å². The molecule has 9 heteroatoms. The summed E-state index contributed by atoms with van der Waals surface area (Å²) >= 11 is 6.41. The highest BCUT2D eigenvalue weighted by Gasteiger charge is 2.26. The van der Waals surface area contributed by atoms with Gasteiger partial charge in [-0.25, -0.2) is 4.79 Å². The fourth-order valence-electron chi connectivity index (χ4n) is 4.10. The third-order valence-corrected chi connectivity index (χ3v) is 6.67. The predicted octanol–water partition coefficient (Wildman–Crippen LogP) is 5.94. The number of amides is 1. The normalized spacial score (nSPS) is 15.3. The van der Waals surface area contributed by atoms with Crippen LogP contribution in [0.25, 0.3) is 0 Å². The Morgan fingerprint density at radius 1 is 1.22 bits per heavy atom. The predicted molar refractivity (Wildman–Crippen MR) is 145 cm³/mol. The number of likely N-dealkylation sites (tertiary alicyclic amines) is 1. The third-order valence-electron chi connectivity index (χ3n) is 6.25. The second kappa shape index (κ2) is 15.3. The van der Waals surface area contributed by atoms with Crippen molar-refractivity contribution in [3.63, 3.8) is 0 Å². The summed E-state index contributed by atoms with van der Waals surface area (Å²) < 4.78 is 5.65. The summed E-state index contributed by atoms with van der Waals surface area (Å²) in [6.45, 7) is 10.8. The molecule has 0 radical (unpaired) electrons. The molecule has 1 heterocycles. The molecule has 37 heavy (non-hydrogen) atoms. The Labute approximate surface area is 224 Å². The first-order valence-electron chi connectivity index (χ1n) is 12.9. The highest BCUT2D eigenvalue weighted by molar-refractivity contribution is 6.33. The second-order valence-corrected chi connectivity index (χ2v) is 9.62. The number of hydrogen-bond donors (Lipinski definition) is 2. The molecule has 0 aliphatic carbocycles. The van der Waals surface area contributed by atoms with Crippen LogP contribution in [0, 0.1) is 0 Å². The van der Waals surface area contributed by atoms with E-state index in [0.29, 0.717) is 31.6 Å². The molecule has 1 saturated heterocycles. The number of halogens is 1. The number of benzene rings is 1. The van der Waals surface area contributed by atoms with Crippen LogP contribution in [0.5, 0.6) is 11.5 Å². The highest BCUT2D eigenvalue weighted by atomic mass is 35.5. The molecule has 0 bridgehead atoms. The van der Waals surface area contributed by atoms with Crippen LogP contribution < -0.4 is 0 Å². The lowest BCUT2D eigenvalue weighted by Gasteiger charge is -2.26. The maximum atomic E-state index is 13.2. The summed E-state index contributed by atoms with van der Waals surface area (Å²) in [7, 11) is 0. The number of piperidine rings is 1. The van der Waals surface area contributed by atoms with Gasteiger partial charge in [0.1, 0.15) is 23.2 Å². The molecule has 1 unspecified atom stereocenters. The zero-order chi connectivity index (χ0) is 27.4. The molecule has 1 amide bonds. The van der Waals surface area contributed by atoms with Crippen LogP contribution in [0.15, 0.2) is 35.5 Å². The Kier molecular flexibility index (Phi) is 12.5. The van der Waals surface area contributed by atoms with E-state index in [0.717, 1.165) is 43.7 Å². The van der Waals surface area contributed by atoms with Gasteiger partial charge in [0, 0.05) is 32.0 Å². The van der Waals surface area contributed by atoms with Gasteiger partial charge in [0.05, 0.1) is 10.7 Å². The Bertz CT molecular complexity index is 1010. The van der Waals surface area contributed by atoms with E-state index >= 15 is 0 Å². The van der Waals surface area contributed by atoms with E-state index in [1.807, 2.05) is 20.8 Å². The van der Waals surface area contributed by atoms with Crippen molar-refractivity contribution in [3.8, 4) is 11.5 Å². The molecule has 1 aliphatic rings. The topological polar surface area (TPSA) is 109 Å². The Hall–Kier alpha value is -3.00. The van der Waals surface area contributed by atoms with Crippen LogP contribution in [0.3, 0.4) is 0 Å². The summed E-state index contributed by atoms with van der Waals surface area (Å²) in [6.07, 6.45) is 8.69. The number of allylic oxidation sites excluding steroid dienone is 2. The zero-order valence-corrected chi connectivity index (χ0v) is 22.9. The molecule has 2 N–H and O–H groups in total. The first-order valence-corrected chi connectivity index (χ1v) is 13.3. The number of oxime groups is 1. The molecule has 1 atom stereocenters. The second-order valence-electron chi connectivity index (χ2n) is 9.24. The van der Waals surface area contributed by atoms with Crippen molar-refractivity contribution >= 4 is 29.2 Å². The zero-order valence-electron chi connectivity index (χ0n) is 22.1. The van der Waals surface area contributed by atoms with E-state index < -0.39 is 17.8 Å². The number of esters is 1. The van der Waals surface area contributed by atoms with Gasteiger partial charge in [0.15, 0.2) is 6.61 Å². The molecule has 0 aromatic heterocycles. The molecule has 2 rings (SSSR count). The van der Waals surface area contributed by atoms with Crippen molar-refractivity contribution in [1.29, 1.82) is 0 Å². The van der Waals surface area contributed by atoms with E-state index in [4.69, 9.17) is 21.2 Å². The van der Waals surface area contributed by atoms with Gasteiger partial charge < -0.3 is 24.7 Å². The van der Waals surface area contributed by atoms with E-state index in [9.17, 15) is 19.8 Å². The van der Waals surface area contributed by atoms with Crippen molar-refractivity contribution in [1.82, 2.24) is 4.90 Å². The number of hydrogen-bond acceptors (Lipinski definition) is 7. The quantitative estimate of drug-likeness (QED) is 0.140. The van der Waals surface area contributed by atoms with Gasteiger partial charge in [-0.3, -0.25) is 4.79 Å². The number of carbonyl (C=O) groups excluding carboxylic acids is 2. The molecule has 8 nitrogen and oxygen atoms in total.